The second-order valence-electron chi connectivity index (χ2n) is 7.53. The van der Waals surface area contributed by atoms with Crippen molar-refractivity contribution < 1.29 is 9.47 Å². The summed E-state index contributed by atoms with van der Waals surface area (Å²) < 4.78 is 12.8. The minimum absolute atomic E-state index is 0. The van der Waals surface area contributed by atoms with Gasteiger partial charge in [-0.25, -0.2) is 9.67 Å². The number of unbranched alkanes of at least 4 members (excludes halogenated alkanes) is 1. The van der Waals surface area contributed by atoms with Gasteiger partial charge in [-0.1, -0.05) is 25.5 Å². The summed E-state index contributed by atoms with van der Waals surface area (Å²) in [5.74, 6) is 3.54. The normalized spacial score (nSPS) is 15.7. The fraction of sp³-hybridized carbons (Fsp3) is 0.591. The summed E-state index contributed by atoms with van der Waals surface area (Å²) >= 11 is 0. The monoisotopic (exact) mass is 542 g/mol. The Hall–Kier alpha value is -1.88. The van der Waals surface area contributed by atoms with Crippen molar-refractivity contribution in [2.45, 2.75) is 58.2 Å². The third-order valence-corrected chi connectivity index (χ3v) is 5.14. The summed E-state index contributed by atoms with van der Waals surface area (Å²) in [6.45, 7) is 5.00. The quantitative estimate of drug-likeness (QED) is 0.208. The molecule has 0 radical (unpaired) electrons. The molecule has 31 heavy (non-hydrogen) atoms. The van der Waals surface area contributed by atoms with E-state index in [9.17, 15) is 0 Å². The first-order valence-corrected chi connectivity index (χ1v) is 10.8. The van der Waals surface area contributed by atoms with Gasteiger partial charge in [0.2, 0.25) is 0 Å². The van der Waals surface area contributed by atoms with Gasteiger partial charge in [0.1, 0.15) is 18.2 Å². The summed E-state index contributed by atoms with van der Waals surface area (Å²) in [5, 5.41) is 11.5. The van der Waals surface area contributed by atoms with E-state index in [-0.39, 0.29) is 30.0 Å². The SMILES string of the molecule is CCCCOc1ccc(CCNC(=NC)NC2CCc3nc(COC)nn3C2)cc1.I. The van der Waals surface area contributed by atoms with E-state index in [1.54, 1.807) is 14.2 Å². The molecule has 0 bridgehead atoms. The van der Waals surface area contributed by atoms with Crippen molar-refractivity contribution in [3.05, 3.63) is 41.5 Å². The van der Waals surface area contributed by atoms with Crippen molar-refractivity contribution in [3.63, 3.8) is 0 Å². The van der Waals surface area contributed by atoms with E-state index in [1.165, 1.54) is 5.56 Å². The summed E-state index contributed by atoms with van der Waals surface area (Å²) in [7, 11) is 3.47. The molecule has 0 amide bonds. The number of hydrogen-bond donors (Lipinski definition) is 2. The van der Waals surface area contributed by atoms with E-state index in [0.717, 1.165) is 75.2 Å². The van der Waals surface area contributed by atoms with Gasteiger partial charge in [0, 0.05) is 33.2 Å². The number of halogens is 1. The van der Waals surface area contributed by atoms with Crippen molar-refractivity contribution >= 4 is 29.9 Å². The number of aromatic nitrogens is 3. The Morgan fingerprint density at radius 1 is 1.29 bits per heavy atom. The van der Waals surface area contributed by atoms with Crippen LogP contribution in [0.2, 0.25) is 0 Å². The Balaban J connectivity index is 0.00000341. The lowest BCUT2D eigenvalue weighted by molar-refractivity contribution is 0.177. The number of rotatable bonds is 10. The van der Waals surface area contributed by atoms with Crippen LogP contribution in [-0.2, 0) is 30.7 Å². The van der Waals surface area contributed by atoms with Gasteiger partial charge >= 0.3 is 0 Å². The molecule has 2 heterocycles. The van der Waals surface area contributed by atoms with Crippen LogP contribution in [0.25, 0.3) is 0 Å². The zero-order chi connectivity index (χ0) is 21.2. The molecule has 2 aromatic rings. The molecule has 0 fully saturated rings. The average Bonchev–Trinajstić information content (AvgIpc) is 3.16. The molecular formula is C22H35IN6O2. The second kappa shape index (κ2) is 13.5. The highest BCUT2D eigenvalue weighted by molar-refractivity contribution is 14.0. The number of nitrogens with one attached hydrogen (secondary N) is 2. The lowest BCUT2D eigenvalue weighted by Gasteiger charge is -2.25. The smallest absolute Gasteiger partial charge is 0.191 e. The Labute approximate surface area is 202 Å². The summed E-state index contributed by atoms with van der Waals surface area (Å²) in [5.41, 5.74) is 1.27. The first-order chi connectivity index (χ1) is 14.7. The van der Waals surface area contributed by atoms with Gasteiger partial charge in [-0.05, 0) is 37.0 Å². The number of aryl methyl sites for hydroxylation is 1. The molecule has 172 valence electrons. The van der Waals surface area contributed by atoms with E-state index >= 15 is 0 Å². The van der Waals surface area contributed by atoms with E-state index in [2.05, 4.69) is 44.8 Å². The van der Waals surface area contributed by atoms with E-state index in [0.29, 0.717) is 6.61 Å². The molecule has 0 saturated carbocycles. The maximum atomic E-state index is 5.72. The fourth-order valence-electron chi connectivity index (χ4n) is 3.47. The first kappa shape index (κ1) is 25.4. The fourth-order valence-corrected chi connectivity index (χ4v) is 3.47. The van der Waals surface area contributed by atoms with Crippen LogP contribution >= 0.6 is 24.0 Å². The summed E-state index contributed by atoms with van der Waals surface area (Å²) in [6, 6.07) is 8.63. The van der Waals surface area contributed by atoms with Crippen LogP contribution in [0.1, 0.15) is 43.4 Å². The molecule has 0 saturated heterocycles. The molecule has 1 aliphatic heterocycles. The van der Waals surface area contributed by atoms with Crippen molar-refractivity contribution in [2.24, 2.45) is 4.99 Å². The van der Waals surface area contributed by atoms with E-state index in [4.69, 9.17) is 9.47 Å². The summed E-state index contributed by atoms with van der Waals surface area (Å²) in [4.78, 5) is 8.90. The maximum absolute atomic E-state index is 5.72. The number of fused-ring (bicyclic) bond motifs is 1. The summed E-state index contributed by atoms with van der Waals surface area (Å²) in [6.07, 6.45) is 5.07. The lowest BCUT2D eigenvalue weighted by atomic mass is 10.1. The van der Waals surface area contributed by atoms with E-state index in [1.807, 2.05) is 16.8 Å². The van der Waals surface area contributed by atoms with Crippen molar-refractivity contribution in [1.29, 1.82) is 0 Å². The van der Waals surface area contributed by atoms with Gasteiger partial charge in [-0.3, -0.25) is 4.99 Å². The average molecular weight is 542 g/mol. The van der Waals surface area contributed by atoms with Gasteiger partial charge < -0.3 is 20.1 Å². The molecule has 2 N–H and O–H groups in total. The van der Waals surface area contributed by atoms with Crippen LogP contribution in [0.15, 0.2) is 29.3 Å². The maximum Gasteiger partial charge on any atom is 0.191 e. The number of hydrogen-bond acceptors (Lipinski definition) is 5. The largest absolute Gasteiger partial charge is 0.494 e. The van der Waals surface area contributed by atoms with Crippen LogP contribution < -0.4 is 15.4 Å². The predicted octanol–water partition coefficient (Wildman–Crippen LogP) is 2.94. The molecule has 8 nitrogen and oxygen atoms in total. The molecule has 1 aromatic heterocycles. The zero-order valence-electron chi connectivity index (χ0n) is 18.8. The first-order valence-electron chi connectivity index (χ1n) is 10.8. The van der Waals surface area contributed by atoms with Gasteiger partial charge in [0.15, 0.2) is 11.8 Å². The number of aliphatic imine (C=N–C) groups is 1. The van der Waals surface area contributed by atoms with Crippen LogP contribution in [0.3, 0.4) is 0 Å². The van der Waals surface area contributed by atoms with Crippen molar-refractivity contribution in [2.75, 3.05) is 27.3 Å². The molecule has 1 atom stereocenters. The second-order valence-corrected chi connectivity index (χ2v) is 7.53. The molecule has 0 spiro atoms. The number of benzene rings is 1. The Kier molecular flexibility index (Phi) is 11.1. The number of guanidine groups is 1. The molecule has 3 rings (SSSR count). The number of ether oxygens (including phenoxy) is 2. The van der Waals surface area contributed by atoms with E-state index < -0.39 is 0 Å². The Morgan fingerprint density at radius 3 is 2.81 bits per heavy atom. The zero-order valence-corrected chi connectivity index (χ0v) is 21.1. The Morgan fingerprint density at radius 2 is 2.10 bits per heavy atom. The van der Waals surface area contributed by atoms with Gasteiger partial charge in [-0.15, -0.1) is 24.0 Å². The van der Waals surface area contributed by atoms with Crippen molar-refractivity contribution in [1.82, 2.24) is 25.4 Å². The third-order valence-electron chi connectivity index (χ3n) is 5.14. The van der Waals surface area contributed by atoms with Crippen LogP contribution in [-0.4, -0.2) is 54.1 Å². The van der Waals surface area contributed by atoms with Gasteiger partial charge in [0.05, 0.1) is 13.2 Å². The van der Waals surface area contributed by atoms with Gasteiger partial charge in [0.25, 0.3) is 0 Å². The highest BCUT2D eigenvalue weighted by Gasteiger charge is 2.22. The molecule has 9 heteroatoms. The number of methoxy groups -OCH3 is 1. The van der Waals surface area contributed by atoms with Gasteiger partial charge in [-0.2, -0.15) is 5.10 Å². The molecule has 0 aliphatic carbocycles. The topological polar surface area (TPSA) is 85.6 Å². The highest BCUT2D eigenvalue weighted by Crippen LogP contribution is 2.14. The highest BCUT2D eigenvalue weighted by atomic mass is 127. The third kappa shape index (κ3) is 7.95. The van der Waals surface area contributed by atoms with Crippen molar-refractivity contribution in [3.8, 4) is 5.75 Å². The molecule has 1 unspecified atom stereocenters. The Bertz CT molecular complexity index is 809. The molecular weight excluding hydrogens is 507 g/mol. The van der Waals surface area contributed by atoms with Crippen LogP contribution in [0.4, 0.5) is 0 Å². The molecule has 1 aromatic carbocycles. The standard InChI is InChI=1S/C22H34N6O2.HI/c1-4-5-14-30-19-9-6-17(7-10-19)12-13-24-22(23-2)25-18-8-11-21-26-20(16-29-3)27-28(21)15-18;/h6-7,9-10,18H,4-5,8,11-16H2,1-3H3,(H2,23,24,25);1H. The molecule has 1 aliphatic rings. The van der Waals surface area contributed by atoms with Crippen LogP contribution in [0.5, 0.6) is 5.75 Å². The van der Waals surface area contributed by atoms with Crippen LogP contribution in [0, 0.1) is 0 Å². The minimum Gasteiger partial charge on any atom is -0.494 e. The minimum atomic E-state index is 0. The lowest BCUT2D eigenvalue weighted by Crippen LogP contribution is -2.47. The number of nitrogens with zero attached hydrogens (tertiary/aromatic N) is 4. The predicted molar refractivity (Wildman–Crippen MR) is 133 cm³/mol.